The SMILES string of the molecule is CNC(=O)[C@H]1CN(C)C[C@@H]1NS(=O)(=O)c1ccc(F)cc1F. The molecule has 1 fully saturated rings. The Kier molecular flexibility index (Phi) is 4.78. The van der Waals surface area contributed by atoms with Crippen LogP contribution in [0, 0.1) is 17.6 Å². The van der Waals surface area contributed by atoms with Crippen LogP contribution in [0.1, 0.15) is 0 Å². The Morgan fingerprint density at radius 3 is 2.59 bits per heavy atom. The molecule has 2 atom stereocenters. The van der Waals surface area contributed by atoms with E-state index in [0.29, 0.717) is 19.2 Å². The first-order chi connectivity index (χ1) is 10.2. The molecule has 1 aliphatic rings. The van der Waals surface area contributed by atoms with Gasteiger partial charge in [-0.05, 0) is 19.2 Å². The van der Waals surface area contributed by atoms with E-state index >= 15 is 0 Å². The maximum absolute atomic E-state index is 13.7. The zero-order valence-corrected chi connectivity index (χ0v) is 13.0. The van der Waals surface area contributed by atoms with Crippen LogP contribution in [0.4, 0.5) is 8.78 Å². The van der Waals surface area contributed by atoms with Crippen LogP contribution in [0.25, 0.3) is 0 Å². The van der Waals surface area contributed by atoms with Crippen LogP contribution in [0.2, 0.25) is 0 Å². The van der Waals surface area contributed by atoms with Crippen molar-refractivity contribution in [3.63, 3.8) is 0 Å². The van der Waals surface area contributed by atoms with Gasteiger partial charge >= 0.3 is 0 Å². The fourth-order valence-electron chi connectivity index (χ4n) is 2.53. The second kappa shape index (κ2) is 6.27. The largest absolute Gasteiger partial charge is 0.359 e. The van der Waals surface area contributed by atoms with E-state index in [0.717, 1.165) is 12.1 Å². The number of likely N-dealkylation sites (N-methyl/N-ethyl adjacent to an activating group) is 1. The molecule has 0 unspecified atom stereocenters. The van der Waals surface area contributed by atoms with Crippen molar-refractivity contribution < 1.29 is 22.0 Å². The molecule has 1 aliphatic heterocycles. The topological polar surface area (TPSA) is 78.5 Å². The number of rotatable bonds is 4. The minimum atomic E-state index is -4.19. The molecule has 1 aromatic carbocycles. The van der Waals surface area contributed by atoms with Crippen LogP contribution in [0.3, 0.4) is 0 Å². The van der Waals surface area contributed by atoms with E-state index < -0.39 is 38.5 Å². The van der Waals surface area contributed by atoms with Gasteiger partial charge in [0.2, 0.25) is 15.9 Å². The Morgan fingerprint density at radius 2 is 2.00 bits per heavy atom. The fourth-order valence-corrected chi connectivity index (χ4v) is 3.85. The van der Waals surface area contributed by atoms with E-state index in [2.05, 4.69) is 10.0 Å². The van der Waals surface area contributed by atoms with Crippen molar-refractivity contribution in [2.75, 3.05) is 27.2 Å². The molecule has 0 bridgehead atoms. The first-order valence-electron chi connectivity index (χ1n) is 6.62. The van der Waals surface area contributed by atoms with Crippen molar-refractivity contribution in [2.45, 2.75) is 10.9 Å². The van der Waals surface area contributed by atoms with Gasteiger partial charge in [-0.25, -0.2) is 21.9 Å². The molecule has 2 rings (SSSR count). The highest BCUT2D eigenvalue weighted by Gasteiger charge is 2.38. The molecule has 6 nitrogen and oxygen atoms in total. The molecule has 22 heavy (non-hydrogen) atoms. The average molecular weight is 333 g/mol. The van der Waals surface area contributed by atoms with E-state index in [1.165, 1.54) is 7.05 Å². The normalized spacial score (nSPS) is 22.7. The summed E-state index contributed by atoms with van der Waals surface area (Å²) in [6, 6.07) is 1.56. The highest BCUT2D eigenvalue weighted by atomic mass is 32.2. The number of carbonyl (C=O) groups excluding carboxylic acids is 1. The number of benzene rings is 1. The minimum absolute atomic E-state index is 0.295. The molecule has 1 saturated heterocycles. The molecule has 122 valence electrons. The van der Waals surface area contributed by atoms with Crippen molar-refractivity contribution in [1.29, 1.82) is 0 Å². The van der Waals surface area contributed by atoms with Gasteiger partial charge in [0.15, 0.2) is 0 Å². The van der Waals surface area contributed by atoms with E-state index in [1.807, 2.05) is 0 Å². The number of amides is 1. The number of halogens is 2. The highest BCUT2D eigenvalue weighted by Crippen LogP contribution is 2.20. The van der Waals surface area contributed by atoms with Gasteiger partial charge in [0.25, 0.3) is 0 Å². The Bertz CT molecular complexity index is 681. The van der Waals surface area contributed by atoms with Crippen LogP contribution in [0.15, 0.2) is 23.1 Å². The lowest BCUT2D eigenvalue weighted by Crippen LogP contribution is -2.45. The Balaban J connectivity index is 2.25. The quantitative estimate of drug-likeness (QED) is 0.808. The third-order valence-corrected chi connectivity index (χ3v) is 5.10. The van der Waals surface area contributed by atoms with Crippen LogP contribution in [-0.2, 0) is 14.8 Å². The van der Waals surface area contributed by atoms with Crippen LogP contribution in [0.5, 0.6) is 0 Å². The summed E-state index contributed by atoms with van der Waals surface area (Å²) in [5.74, 6) is -2.90. The summed E-state index contributed by atoms with van der Waals surface area (Å²) < 4.78 is 53.4. The van der Waals surface area contributed by atoms with Gasteiger partial charge in [-0.1, -0.05) is 0 Å². The molecule has 0 radical (unpaired) electrons. The number of likely N-dealkylation sites (tertiary alicyclic amines) is 1. The Hall–Kier alpha value is -1.58. The van der Waals surface area contributed by atoms with E-state index in [9.17, 15) is 22.0 Å². The zero-order valence-electron chi connectivity index (χ0n) is 12.1. The second-order valence-corrected chi connectivity index (χ2v) is 6.93. The number of nitrogens with zero attached hydrogens (tertiary/aromatic N) is 1. The maximum Gasteiger partial charge on any atom is 0.243 e. The molecule has 0 saturated carbocycles. The Labute approximate surface area is 127 Å². The van der Waals surface area contributed by atoms with Gasteiger partial charge in [-0.2, -0.15) is 0 Å². The molecule has 9 heteroatoms. The average Bonchev–Trinajstić information content (AvgIpc) is 2.77. The van der Waals surface area contributed by atoms with Crippen molar-refractivity contribution in [3.8, 4) is 0 Å². The molecule has 2 N–H and O–H groups in total. The van der Waals surface area contributed by atoms with Gasteiger partial charge in [0.05, 0.1) is 5.92 Å². The lowest BCUT2D eigenvalue weighted by atomic mass is 10.0. The van der Waals surface area contributed by atoms with Crippen molar-refractivity contribution >= 4 is 15.9 Å². The number of hydrogen-bond acceptors (Lipinski definition) is 4. The van der Waals surface area contributed by atoms with Crippen molar-refractivity contribution in [2.24, 2.45) is 5.92 Å². The van der Waals surface area contributed by atoms with Gasteiger partial charge in [0, 0.05) is 32.2 Å². The highest BCUT2D eigenvalue weighted by molar-refractivity contribution is 7.89. The molecule has 1 aromatic rings. The maximum atomic E-state index is 13.7. The molecule has 0 aromatic heterocycles. The van der Waals surface area contributed by atoms with Gasteiger partial charge < -0.3 is 10.2 Å². The lowest BCUT2D eigenvalue weighted by molar-refractivity contribution is -0.124. The molecule has 0 aliphatic carbocycles. The van der Waals surface area contributed by atoms with E-state index in [4.69, 9.17) is 0 Å². The van der Waals surface area contributed by atoms with Crippen LogP contribution < -0.4 is 10.0 Å². The number of sulfonamides is 1. The van der Waals surface area contributed by atoms with Crippen molar-refractivity contribution in [3.05, 3.63) is 29.8 Å². The second-order valence-electron chi connectivity index (χ2n) is 5.24. The van der Waals surface area contributed by atoms with Crippen molar-refractivity contribution in [1.82, 2.24) is 14.9 Å². The standard InChI is InChI=1S/C13H17F2N3O3S/c1-16-13(19)9-6-18(2)7-11(9)17-22(20,21)12-4-3-8(14)5-10(12)15/h3-5,9,11,17H,6-7H2,1-2H3,(H,16,19)/t9-,11-/m0/s1. The van der Waals surface area contributed by atoms with Gasteiger partial charge in [-0.3, -0.25) is 4.79 Å². The summed E-state index contributed by atoms with van der Waals surface area (Å²) in [6.45, 7) is 0.707. The van der Waals surface area contributed by atoms with Crippen LogP contribution in [-0.4, -0.2) is 52.5 Å². The summed E-state index contributed by atoms with van der Waals surface area (Å²) >= 11 is 0. The molecular weight excluding hydrogens is 316 g/mol. The molecular formula is C13H17F2N3O3S. The predicted molar refractivity (Wildman–Crippen MR) is 75.5 cm³/mol. The number of carbonyl (C=O) groups is 1. The summed E-state index contributed by atoms with van der Waals surface area (Å²) in [5.41, 5.74) is 0. The number of hydrogen-bond donors (Lipinski definition) is 2. The Morgan fingerprint density at radius 1 is 1.32 bits per heavy atom. The predicted octanol–water partition coefficient (Wildman–Crippen LogP) is -0.0807. The van der Waals surface area contributed by atoms with E-state index in [-0.39, 0.29) is 5.91 Å². The molecule has 1 amide bonds. The third-order valence-electron chi connectivity index (χ3n) is 3.58. The third kappa shape index (κ3) is 3.42. The number of nitrogens with one attached hydrogen (secondary N) is 2. The monoisotopic (exact) mass is 333 g/mol. The van der Waals surface area contributed by atoms with Gasteiger partial charge in [-0.15, -0.1) is 0 Å². The summed E-state index contributed by atoms with van der Waals surface area (Å²) in [4.78, 5) is 13.0. The first-order valence-corrected chi connectivity index (χ1v) is 8.10. The summed E-state index contributed by atoms with van der Waals surface area (Å²) in [7, 11) is -0.971. The van der Waals surface area contributed by atoms with E-state index in [1.54, 1.807) is 11.9 Å². The zero-order chi connectivity index (χ0) is 16.5. The fraction of sp³-hybridized carbons (Fsp3) is 0.462. The molecule has 1 heterocycles. The summed E-state index contributed by atoms with van der Waals surface area (Å²) in [6.07, 6.45) is 0. The first kappa shape index (κ1) is 16.8. The lowest BCUT2D eigenvalue weighted by Gasteiger charge is -2.18. The smallest absolute Gasteiger partial charge is 0.243 e. The minimum Gasteiger partial charge on any atom is -0.359 e. The molecule has 0 spiro atoms. The van der Waals surface area contributed by atoms with Gasteiger partial charge in [0.1, 0.15) is 16.5 Å². The van der Waals surface area contributed by atoms with Crippen LogP contribution >= 0.6 is 0 Å². The summed E-state index contributed by atoms with van der Waals surface area (Å²) in [5, 5.41) is 2.48.